The van der Waals surface area contributed by atoms with E-state index in [4.69, 9.17) is 16.3 Å². The monoisotopic (exact) mass is 481 g/mol. The molecule has 0 unspecified atom stereocenters. The van der Waals surface area contributed by atoms with Crippen molar-refractivity contribution >= 4 is 35.1 Å². The van der Waals surface area contributed by atoms with Gasteiger partial charge in [0.2, 0.25) is 0 Å². The molecule has 0 spiro atoms. The maximum absolute atomic E-state index is 13.2. The lowest BCUT2D eigenvalue weighted by atomic mass is 10.0. The molecule has 3 aromatic rings. The van der Waals surface area contributed by atoms with E-state index in [1.165, 1.54) is 19.2 Å². The van der Waals surface area contributed by atoms with Gasteiger partial charge in [-0.3, -0.25) is 9.89 Å². The molecule has 1 amide bonds. The molecule has 0 fully saturated rings. The van der Waals surface area contributed by atoms with Crippen LogP contribution in [0.1, 0.15) is 52.1 Å². The van der Waals surface area contributed by atoms with E-state index in [-0.39, 0.29) is 12.2 Å². The Morgan fingerprint density at radius 1 is 1.21 bits per heavy atom. The number of amides is 1. The van der Waals surface area contributed by atoms with Gasteiger partial charge in [-0.25, -0.2) is 9.18 Å². The van der Waals surface area contributed by atoms with Crippen molar-refractivity contribution in [2.24, 2.45) is 0 Å². The van der Waals surface area contributed by atoms with Gasteiger partial charge >= 0.3 is 5.97 Å². The molecule has 2 N–H and O–H groups in total. The molecule has 34 heavy (non-hydrogen) atoms. The van der Waals surface area contributed by atoms with Gasteiger partial charge in [-0.1, -0.05) is 35.9 Å². The number of ether oxygens (including phenoxy) is 1. The van der Waals surface area contributed by atoms with Crippen molar-refractivity contribution < 1.29 is 18.7 Å². The molecule has 2 aromatic carbocycles. The first-order chi connectivity index (χ1) is 16.4. The summed E-state index contributed by atoms with van der Waals surface area (Å²) in [5.41, 5.74) is 4.62. The van der Waals surface area contributed by atoms with Gasteiger partial charge in [-0.15, -0.1) is 0 Å². The number of allylic oxidation sites excluding steroid dienone is 1. The van der Waals surface area contributed by atoms with Crippen LogP contribution in [0, 0.1) is 5.82 Å². The van der Waals surface area contributed by atoms with Crippen LogP contribution in [0.3, 0.4) is 0 Å². The third kappa shape index (κ3) is 5.54. The van der Waals surface area contributed by atoms with Crippen LogP contribution in [-0.4, -0.2) is 35.2 Å². The number of hydrogen-bond donors (Lipinski definition) is 2. The number of hydrogen-bond acceptors (Lipinski definition) is 4. The van der Waals surface area contributed by atoms with Crippen molar-refractivity contribution in [3.05, 3.63) is 87.4 Å². The number of nitrogens with zero attached hydrogens (tertiary/aromatic N) is 1. The zero-order chi connectivity index (χ0) is 24.1. The number of aromatic nitrogens is 2. The first-order valence-corrected chi connectivity index (χ1v) is 11.5. The Hall–Kier alpha value is -3.45. The fraction of sp³-hybridized carbons (Fsp3) is 0.269. The number of fused-ring (bicyclic) bond motifs is 1. The second-order valence-corrected chi connectivity index (χ2v) is 8.67. The van der Waals surface area contributed by atoms with Crippen LogP contribution >= 0.6 is 11.6 Å². The molecule has 0 saturated carbocycles. The van der Waals surface area contributed by atoms with Gasteiger partial charge in [-0.2, -0.15) is 5.10 Å². The van der Waals surface area contributed by atoms with Gasteiger partial charge in [-0.05, 0) is 72.7 Å². The van der Waals surface area contributed by atoms with Crippen LogP contribution < -0.4 is 5.32 Å². The fourth-order valence-electron chi connectivity index (χ4n) is 4.16. The SMILES string of the molecule is COC(=O)[C@H](Cc1ccc(F)cc1)NC(=O)c1[nH]nc2c1CCCCC2=Cc1cccc(Cl)c1. The van der Waals surface area contributed by atoms with E-state index < -0.39 is 17.9 Å². The third-order valence-corrected chi connectivity index (χ3v) is 6.09. The molecular weight excluding hydrogens is 457 g/mol. The first kappa shape index (κ1) is 23.7. The summed E-state index contributed by atoms with van der Waals surface area (Å²) in [5, 5.41) is 10.7. The molecule has 1 heterocycles. The van der Waals surface area contributed by atoms with Crippen LogP contribution in [0.4, 0.5) is 4.39 Å². The van der Waals surface area contributed by atoms with E-state index in [1.54, 1.807) is 12.1 Å². The van der Waals surface area contributed by atoms with Crippen molar-refractivity contribution in [2.45, 2.75) is 38.1 Å². The van der Waals surface area contributed by atoms with Crippen molar-refractivity contribution in [1.82, 2.24) is 15.5 Å². The molecule has 1 aromatic heterocycles. The lowest BCUT2D eigenvalue weighted by molar-refractivity contribution is -0.142. The van der Waals surface area contributed by atoms with Crippen molar-refractivity contribution in [3.63, 3.8) is 0 Å². The molecule has 176 valence electrons. The fourth-order valence-corrected chi connectivity index (χ4v) is 4.36. The molecule has 6 nitrogen and oxygen atoms in total. The number of halogens is 2. The summed E-state index contributed by atoms with van der Waals surface area (Å²) >= 11 is 6.13. The number of methoxy groups -OCH3 is 1. The molecule has 0 bridgehead atoms. The van der Waals surface area contributed by atoms with E-state index in [0.717, 1.165) is 41.7 Å². The van der Waals surface area contributed by atoms with Gasteiger partial charge in [0.05, 0.1) is 12.8 Å². The molecule has 0 saturated heterocycles. The Morgan fingerprint density at radius 3 is 2.71 bits per heavy atom. The highest BCUT2D eigenvalue weighted by molar-refractivity contribution is 6.30. The number of carbonyl (C=O) groups excluding carboxylic acids is 2. The molecule has 0 aliphatic heterocycles. The number of rotatable bonds is 6. The summed E-state index contributed by atoms with van der Waals surface area (Å²) < 4.78 is 18.1. The van der Waals surface area contributed by atoms with Crippen LogP contribution in [0.15, 0.2) is 48.5 Å². The highest BCUT2D eigenvalue weighted by Gasteiger charge is 2.27. The number of esters is 1. The summed E-state index contributed by atoms with van der Waals surface area (Å²) in [4.78, 5) is 25.5. The maximum Gasteiger partial charge on any atom is 0.328 e. The van der Waals surface area contributed by atoms with Gasteiger partial charge in [0.15, 0.2) is 0 Å². The van der Waals surface area contributed by atoms with Gasteiger partial charge in [0.25, 0.3) is 5.91 Å². The van der Waals surface area contributed by atoms with Gasteiger partial charge in [0.1, 0.15) is 17.6 Å². The van der Waals surface area contributed by atoms with E-state index in [9.17, 15) is 14.0 Å². The zero-order valence-electron chi connectivity index (χ0n) is 18.7. The standard InChI is InChI=1S/C26H25ClFN3O3/c1-34-26(33)22(15-16-9-11-20(28)12-10-16)29-25(32)24-21-8-3-2-6-18(23(21)30-31-24)13-17-5-4-7-19(27)14-17/h4-5,7,9-14,22H,2-3,6,8,15H2,1H3,(H,29,32)(H,30,31)/t22-/m0/s1. The summed E-state index contributed by atoms with van der Waals surface area (Å²) in [5.74, 6) is -1.38. The number of H-pyrrole nitrogens is 1. The Kier molecular flexibility index (Phi) is 7.43. The number of nitrogens with one attached hydrogen (secondary N) is 2. The first-order valence-electron chi connectivity index (χ1n) is 11.1. The lowest BCUT2D eigenvalue weighted by Gasteiger charge is -2.16. The van der Waals surface area contributed by atoms with Gasteiger partial charge in [0, 0.05) is 17.0 Å². The molecule has 1 atom stereocenters. The molecule has 1 aliphatic rings. The minimum absolute atomic E-state index is 0.176. The van der Waals surface area contributed by atoms with E-state index in [0.29, 0.717) is 22.7 Å². The number of aromatic amines is 1. The average Bonchev–Trinajstić information content (AvgIpc) is 3.15. The number of carbonyl (C=O) groups is 2. The van der Waals surface area contributed by atoms with Crippen LogP contribution in [0.25, 0.3) is 11.6 Å². The predicted molar refractivity (Wildman–Crippen MR) is 129 cm³/mol. The average molecular weight is 482 g/mol. The lowest BCUT2D eigenvalue weighted by Crippen LogP contribution is -2.43. The quantitative estimate of drug-likeness (QED) is 0.384. The minimum Gasteiger partial charge on any atom is -0.467 e. The summed E-state index contributed by atoms with van der Waals surface area (Å²) in [7, 11) is 1.27. The van der Waals surface area contributed by atoms with Crippen molar-refractivity contribution in [1.29, 1.82) is 0 Å². The molecular formula is C26H25ClFN3O3. The van der Waals surface area contributed by atoms with Crippen molar-refractivity contribution in [2.75, 3.05) is 7.11 Å². The highest BCUT2D eigenvalue weighted by atomic mass is 35.5. The second-order valence-electron chi connectivity index (χ2n) is 8.24. The predicted octanol–water partition coefficient (Wildman–Crippen LogP) is 4.98. The Balaban J connectivity index is 1.59. The van der Waals surface area contributed by atoms with Crippen LogP contribution in [0.2, 0.25) is 5.02 Å². The largest absolute Gasteiger partial charge is 0.467 e. The van der Waals surface area contributed by atoms with E-state index >= 15 is 0 Å². The second kappa shape index (κ2) is 10.7. The van der Waals surface area contributed by atoms with E-state index in [1.807, 2.05) is 30.3 Å². The molecule has 4 rings (SSSR count). The summed E-state index contributed by atoms with van der Waals surface area (Å²) in [6.07, 6.45) is 5.64. The van der Waals surface area contributed by atoms with Crippen LogP contribution in [0.5, 0.6) is 0 Å². The Morgan fingerprint density at radius 2 is 1.97 bits per heavy atom. The summed E-state index contributed by atoms with van der Waals surface area (Å²) in [6.45, 7) is 0. The third-order valence-electron chi connectivity index (χ3n) is 5.85. The Labute approximate surface area is 202 Å². The zero-order valence-corrected chi connectivity index (χ0v) is 19.5. The Bertz CT molecular complexity index is 1220. The minimum atomic E-state index is -0.922. The summed E-state index contributed by atoms with van der Waals surface area (Å²) in [6, 6.07) is 12.4. The molecule has 1 aliphatic carbocycles. The topological polar surface area (TPSA) is 84.1 Å². The van der Waals surface area contributed by atoms with E-state index in [2.05, 4.69) is 15.5 Å². The number of benzene rings is 2. The van der Waals surface area contributed by atoms with Crippen molar-refractivity contribution in [3.8, 4) is 0 Å². The smallest absolute Gasteiger partial charge is 0.328 e. The molecule has 8 heteroatoms. The maximum atomic E-state index is 13.2. The van der Waals surface area contributed by atoms with Crippen LogP contribution in [-0.2, 0) is 22.4 Å². The molecule has 0 radical (unpaired) electrons. The van der Waals surface area contributed by atoms with Gasteiger partial charge < -0.3 is 10.1 Å². The normalized spacial score (nSPS) is 15.3. The highest BCUT2D eigenvalue weighted by Crippen LogP contribution is 2.32.